The van der Waals surface area contributed by atoms with Crippen LogP contribution in [0.15, 0.2) is 65.6 Å². The maximum absolute atomic E-state index is 10.9. The van der Waals surface area contributed by atoms with E-state index in [2.05, 4.69) is 10.1 Å². The summed E-state index contributed by atoms with van der Waals surface area (Å²) in [5, 5.41) is 3.96. The van der Waals surface area contributed by atoms with Gasteiger partial charge in [-0.1, -0.05) is 17.3 Å². The van der Waals surface area contributed by atoms with Gasteiger partial charge in [0.2, 0.25) is 0 Å². The molecule has 2 heterocycles. The Bertz CT molecular complexity index is 955. The molecule has 0 saturated heterocycles. The van der Waals surface area contributed by atoms with Crippen molar-refractivity contribution in [2.75, 3.05) is 0 Å². The number of hydrogen-bond donors (Lipinski definition) is 0. The van der Waals surface area contributed by atoms with E-state index in [0.29, 0.717) is 5.56 Å². The Hall–Kier alpha value is -3.21. The summed E-state index contributed by atoms with van der Waals surface area (Å²) in [6.07, 6.45) is 4.13. The maximum Gasteiger partial charge on any atom is 0.150 e. The Morgan fingerprint density at radius 2 is 2.05 bits per heavy atom. The van der Waals surface area contributed by atoms with Gasteiger partial charge >= 0.3 is 0 Å². The van der Waals surface area contributed by atoms with Crippen molar-refractivity contribution in [3.63, 3.8) is 0 Å². The van der Waals surface area contributed by atoms with Gasteiger partial charge in [-0.15, -0.1) is 0 Å². The van der Waals surface area contributed by atoms with Gasteiger partial charge in [0, 0.05) is 22.9 Å². The lowest BCUT2D eigenvalue weighted by molar-refractivity contribution is 0.112. The summed E-state index contributed by atoms with van der Waals surface area (Å²) in [6, 6.07) is 15.2. The molecule has 0 amide bonds. The van der Waals surface area contributed by atoms with E-state index in [4.69, 9.17) is 4.52 Å². The predicted octanol–water partition coefficient (Wildman–Crippen LogP) is 3.49. The molecule has 0 unspecified atom stereocenters. The summed E-state index contributed by atoms with van der Waals surface area (Å²) in [5.74, 6) is 0. The van der Waals surface area contributed by atoms with Gasteiger partial charge in [0.25, 0.3) is 0 Å². The fourth-order valence-corrected chi connectivity index (χ4v) is 2.49. The topological polar surface area (TPSA) is 60.9 Å². The number of benzene rings is 2. The highest BCUT2D eigenvalue weighted by Crippen LogP contribution is 2.23. The number of carbonyl (C=O) groups excluding carboxylic acids is 1. The van der Waals surface area contributed by atoms with Crippen LogP contribution < -0.4 is 0 Å². The molecular formula is C17H11N3O2. The number of imidazole rings is 1. The van der Waals surface area contributed by atoms with E-state index in [1.807, 2.05) is 41.0 Å². The Labute approximate surface area is 125 Å². The molecule has 0 bridgehead atoms. The molecule has 4 aromatic rings. The molecule has 0 aliphatic heterocycles. The van der Waals surface area contributed by atoms with E-state index in [-0.39, 0.29) is 0 Å². The van der Waals surface area contributed by atoms with Crippen molar-refractivity contribution in [1.29, 1.82) is 0 Å². The number of rotatable bonds is 3. The van der Waals surface area contributed by atoms with Crippen LogP contribution >= 0.6 is 0 Å². The minimum absolute atomic E-state index is 0.620. The van der Waals surface area contributed by atoms with Gasteiger partial charge in [0.1, 0.15) is 24.6 Å². The molecule has 0 aliphatic carbocycles. The molecule has 0 aliphatic rings. The highest BCUT2D eigenvalue weighted by molar-refractivity contribution is 5.85. The summed E-state index contributed by atoms with van der Waals surface area (Å²) in [4.78, 5) is 15.2. The van der Waals surface area contributed by atoms with Crippen LogP contribution in [0.4, 0.5) is 0 Å². The monoisotopic (exact) mass is 289 g/mol. The zero-order chi connectivity index (χ0) is 14.9. The number of aromatic nitrogens is 3. The van der Waals surface area contributed by atoms with Crippen LogP contribution in [0.2, 0.25) is 0 Å². The number of carbonyl (C=O) groups is 1. The van der Waals surface area contributed by atoms with Crippen LogP contribution in [0.25, 0.3) is 28.0 Å². The number of fused-ring (bicyclic) bond motifs is 1. The smallest absolute Gasteiger partial charge is 0.150 e. The molecule has 22 heavy (non-hydrogen) atoms. The first-order chi connectivity index (χ1) is 10.8. The van der Waals surface area contributed by atoms with Gasteiger partial charge in [0.15, 0.2) is 0 Å². The second kappa shape index (κ2) is 4.96. The summed E-state index contributed by atoms with van der Waals surface area (Å²) in [6.45, 7) is 0. The summed E-state index contributed by atoms with van der Waals surface area (Å²) < 4.78 is 6.87. The SMILES string of the molecule is O=Cc1ccc2c(c1)ncn2-c1cccc(-c2ccon2)c1. The molecule has 0 saturated carbocycles. The van der Waals surface area contributed by atoms with E-state index < -0.39 is 0 Å². The summed E-state index contributed by atoms with van der Waals surface area (Å²) in [7, 11) is 0. The van der Waals surface area contributed by atoms with E-state index >= 15 is 0 Å². The quantitative estimate of drug-likeness (QED) is 0.542. The van der Waals surface area contributed by atoms with E-state index in [0.717, 1.165) is 34.3 Å². The third kappa shape index (κ3) is 2.00. The molecule has 2 aromatic carbocycles. The molecular weight excluding hydrogens is 278 g/mol. The zero-order valence-corrected chi connectivity index (χ0v) is 11.5. The fourth-order valence-electron chi connectivity index (χ4n) is 2.49. The number of hydrogen-bond acceptors (Lipinski definition) is 4. The molecule has 5 nitrogen and oxygen atoms in total. The van der Waals surface area contributed by atoms with Gasteiger partial charge in [0.05, 0.1) is 11.0 Å². The molecule has 0 N–H and O–H groups in total. The number of aldehydes is 1. The average Bonchev–Trinajstić information content (AvgIpc) is 3.24. The van der Waals surface area contributed by atoms with Crippen molar-refractivity contribution in [2.24, 2.45) is 0 Å². The Morgan fingerprint density at radius 3 is 2.86 bits per heavy atom. The lowest BCUT2D eigenvalue weighted by Crippen LogP contribution is -1.92. The van der Waals surface area contributed by atoms with Crippen LogP contribution in [0, 0.1) is 0 Å². The first-order valence-electron chi connectivity index (χ1n) is 6.78. The third-order valence-electron chi connectivity index (χ3n) is 3.57. The second-order valence-corrected chi connectivity index (χ2v) is 4.92. The van der Waals surface area contributed by atoms with Crippen molar-refractivity contribution in [1.82, 2.24) is 14.7 Å². The van der Waals surface area contributed by atoms with Crippen LogP contribution in [0.5, 0.6) is 0 Å². The second-order valence-electron chi connectivity index (χ2n) is 4.92. The minimum Gasteiger partial charge on any atom is -0.364 e. The van der Waals surface area contributed by atoms with Crippen molar-refractivity contribution in [2.45, 2.75) is 0 Å². The van der Waals surface area contributed by atoms with Crippen molar-refractivity contribution in [3.05, 3.63) is 66.7 Å². The first kappa shape index (κ1) is 12.5. The third-order valence-corrected chi connectivity index (χ3v) is 3.57. The predicted molar refractivity (Wildman–Crippen MR) is 82.0 cm³/mol. The summed E-state index contributed by atoms with van der Waals surface area (Å²) in [5.41, 5.74) is 5.09. The molecule has 0 spiro atoms. The van der Waals surface area contributed by atoms with E-state index in [1.54, 1.807) is 24.7 Å². The lowest BCUT2D eigenvalue weighted by atomic mass is 10.1. The van der Waals surface area contributed by atoms with Crippen molar-refractivity contribution in [3.8, 4) is 16.9 Å². The molecule has 5 heteroatoms. The molecule has 0 fully saturated rings. The van der Waals surface area contributed by atoms with Gasteiger partial charge in [-0.05, 0) is 30.3 Å². The minimum atomic E-state index is 0.620. The van der Waals surface area contributed by atoms with Crippen LogP contribution in [0.1, 0.15) is 10.4 Å². The maximum atomic E-state index is 10.9. The largest absolute Gasteiger partial charge is 0.364 e. The van der Waals surface area contributed by atoms with Crippen molar-refractivity contribution >= 4 is 17.3 Å². The van der Waals surface area contributed by atoms with Crippen LogP contribution in [-0.4, -0.2) is 21.0 Å². The van der Waals surface area contributed by atoms with Gasteiger partial charge in [-0.3, -0.25) is 9.36 Å². The first-order valence-corrected chi connectivity index (χ1v) is 6.78. The van der Waals surface area contributed by atoms with Crippen LogP contribution in [-0.2, 0) is 0 Å². The fraction of sp³-hybridized carbons (Fsp3) is 0. The highest BCUT2D eigenvalue weighted by Gasteiger charge is 2.07. The highest BCUT2D eigenvalue weighted by atomic mass is 16.5. The van der Waals surface area contributed by atoms with Crippen LogP contribution in [0.3, 0.4) is 0 Å². The van der Waals surface area contributed by atoms with E-state index in [1.165, 1.54) is 0 Å². The van der Waals surface area contributed by atoms with Crippen molar-refractivity contribution < 1.29 is 9.32 Å². The Balaban J connectivity index is 1.85. The zero-order valence-electron chi connectivity index (χ0n) is 11.5. The Kier molecular flexibility index (Phi) is 2.83. The molecule has 106 valence electrons. The number of nitrogens with zero attached hydrogens (tertiary/aromatic N) is 3. The molecule has 0 atom stereocenters. The molecule has 0 radical (unpaired) electrons. The average molecular weight is 289 g/mol. The lowest BCUT2D eigenvalue weighted by Gasteiger charge is -2.06. The van der Waals surface area contributed by atoms with E-state index in [9.17, 15) is 4.79 Å². The van der Waals surface area contributed by atoms with Gasteiger partial charge in [-0.25, -0.2) is 4.98 Å². The molecule has 4 rings (SSSR count). The summed E-state index contributed by atoms with van der Waals surface area (Å²) >= 11 is 0. The molecule has 2 aromatic heterocycles. The van der Waals surface area contributed by atoms with Gasteiger partial charge < -0.3 is 4.52 Å². The Morgan fingerprint density at radius 1 is 1.09 bits per heavy atom. The standard InChI is InChI=1S/C17H11N3O2/c21-10-12-4-5-17-16(8-12)18-11-20(17)14-3-1-2-13(9-14)15-6-7-22-19-15/h1-11H. The normalized spacial score (nSPS) is 10.9. The van der Waals surface area contributed by atoms with Gasteiger partial charge in [-0.2, -0.15) is 0 Å².